The number of hydrazine groups is 1. The van der Waals surface area contributed by atoms with Gasteiger partial charge in [0.25, 0.3) is 11.8 Å². The Bertz CT molecular complexity index is 691. The van der Waals surface area contributed by atoms with E-state index >= 15 is 0 Å². The van der Waals surface area contributed by atoms with Gasteiger partial charge in [-0.15, -0.1) is 0 Å². The molecule has 1 atom stereocenters. The first-order valence-corrected chi connectivity index (χ1v) is 6.01. The van der Waals surface area contributed by atoms with Crippen LogP contribution in [0.3, 0.4) is 0 Å². The summed E-state index contributed by atoms with van der Waals surface area (Å²) in [6.45, 7) is 1.66. The van der Waals surface area contributed by atoms with Gasteiger partial charge in [0.05, 0.1) is 5.69 Å². The zero-order valence-corrected chi connectivity index (χ0v) is 10.4. The van der Waals surface area contributed by atoms with E-state index in [4.69, 9.17) is 5.84 Å². The molecule has 3 rings (SSSR count). The molecule has 0 fully saturated rings. The summed E-state index contributed by atoms with van der Waals surface area (Å²) < 4.78 is 0. The predicted octanol–water partition coefficient (Wildman–Crippen LogP) is 1.18. The fourth-order valence-electron chi connectivity index (χ4n) is 2.56. The first kappa shape index (κ1) is 11.7. The lowest BCUT2D eigenvalue weighted by atomic mass is 10.1. The average Bonchev–Trinajstić information content (AvgIpc) is 2.73. The summed E-state index contributed by atoms with van der Waals surface area (Å²) in [7, 11) is 0. The molecule has 0 spiro atoms. The lowest BCUT2D eigenvalue weighted by Crippen LogP contribution is -2.48. The molecule has 2 amide bonds. The molecule has 0 radical (unpaired) electrons. The van der Waals surface area contributed by atoms with Crippen molar-refractivity contribution in [2.45, 2.75) is 13.0 Å². The fourth-order valence-corrected chi connectivity index (χ4v) is 2.56. The van der Waals surface area contributed by atoms with Crippen molar-refractivity contribution in [2.24, 2.45) is 5.84 Å². The van der Waals surface area contributed by atoms with E-state index < -0.39 is 11.9 Å². The molecule has 96 valence electrons. The van der Waals surface area contributed by atoms with Gasteiger partial charge in [0, 0.05) is 10.9 Å². The van der Waals surface area contributed by atoms with Crippen LogP contribution in [0.15, 0.2) is 36.4 Å². The highest BCUT2D eigenvalue weighted by Gasteiger charge is 2.35. The first-order chi connectivity index (χ1) is 9.15. The zero-order valence-electron chi connectivity index (χ0n) is 10.4. The highest BCUT2D eigenvalue weighted by Crippen LogP contribution is 2.38. The first-order valence-electron chi connectivity index (χ1n) is 6.01. The van der Waals surface area contributed by atoms with Crippen LogP contribution in [0.25, 0.3) is 10.8 Å². The summed E-state index contributed by atoms with van der Waals surface area (Å²) >= 11 is 0. The minimum Gasteiger partial charge on any atom is -0.295 e. The van der Waals surface area contributed by atoms with Gasteiger partial charge in [0.15, 0.2) is 0 Å². The number of amides is 2. The van der Waals surface area contributed by atoms with E-state index in [-0.39, 0.29) is 5.91 Å². The summed E-state index contributed by atoms with van der Waals surface area (Å²) in [5.74, 6) is 4.60. The number of nitrogens with two attached hydrogens (primary N) is 1. The van der Waals surface area contributed by atoms with Crippen LogP contribution >= 0.6 is 0 Å². The van der Waals surface area contributed by atoms with Gasteiger partial charge in [-0.25, -0.2) is 5.84 Å². The van der Waals surface area contributed by atoms with Gasteiger partial charge in [0.2, 0.25) is 0 Å². The van der Waals surface area contributed by atoms with E-state index in [1.807, 2.05) is 30.3 Å². The zero-order chi connectivity index (χ0) is 13.6. The monoisotopic (exact) mass is 255 g/mol. The molecule has 0 aromatic heterocycles. The average molecular weight is 255 g/mol. The van der Waals surface area contributed by atoms with E-state index in [0.717, 1.165) is 16.5 Å². The molecule has 1 heterocycles. The second-order valence-electron chi connectivity index (χ2n) is 4.54. The van der Waals surface area contributed by atoms with Gasteiger partial charge in [-0.3, -0.25) is 19.9 Å². The summed E-state index contributed by atoms with van der Waals surface area (Å²) in [6.07, 6.45) is 0. The molecule has 0 aliphatic carbocycles. The highest BCUT2D eigenvalue weighted by molar-refractivity contribution is 6.26. The number of hydrogen-bond acceptors (Lipinski definition) is 3. The fraction of sp³-hybridized carbons (Fsp3) is 0.143. The van der Waals surface area contributed by atoms with Crippen LogP contribution in [0.5, 0.6) is 0 Å². The lowest BCUT2D eigenvalue weighted by molar-refractivity contribution is -0.122. The lowest BCUT2D eigenvalue weighted by Gasteiger charge is -2.23. The standard InChI is InChI=1S/C14H13N3O2/c1-8(13(18)16-15)17-11-7-3-5-9-4-2-6-10(12(9)11)14(17)19/h2-8H,15H2,1H3,(H,16,18). The molecule has 5 nitrogen and oxygen atoms in total. The Labute approximate surface area is 110 Å². The van der Waals surface area contributed by atoms with Gasteiger partial charge in [0.1, 0.15) is 6.04 Å². The number of hydrogen-bond donors (Lipinski definition) is 2. The van der Waals surface area contributed by atoms with Crippen molar-refractivity contribution < 1.29 is 9.59 Å². The second kappa shape index (κ2) is 4.07. The third-order valence-electron chi connectivity index (χ3n) is 3.50. The van der Waals surface area contributed by atoms with Gasteiger partial charge >= 0.3 is 0 Å². The van der Waals surface area contributed by atoms with Crippen molar-refractivity contribution in [1.82, 2.24) is 5.43 Å². The van der Waals surface area contributed by atoms with Gasteiger partial charge in [-0.2, -0.15) is 0 Å². The van der Waals surface area contributed by atoms with E-state index in [1.54, 1.807) is 13.0 Å². The molecule has 19 heavy (non-hydrogen) atoms. The molecule has 1 aliphatic heterocycles. The number of rotatable bonds is 2. The molecular formula is C14H13N3O2. The largest absolute Gasteiger partial charge is 0.295 e. The summed E-state index contributed by atoms with van der Waals surface area (Å²) in [5.41, 5.74) is 3.48. The van der Waals surface area contributed by atoms with Crippen LogP contribution in [0.1, 0.15) is 17.3 Å². The maximum absolute atomic E-state index is 12.4. The van der Waals surface area contributed by atoms with Crippen LogP contribution in [0.4, 0.5) is 5.69 Å². The van der Waals surface area contributed by atoms with Crippen molar-refractivity contribution in [3.05, 3.63) is 42.0 Å². The SMILES string of the molecule is CC(C(=O)NN)N1C(=O)c2cccc3cccc1c23. The van der Waals surface area contributed by atoms with Crippen LogP contribution in [-0.2, 0) is 4.79 Å². The Morgan fingerprint density at radius 1 is 1.26 bits per heavy atom. The Hall–Kier alpha value is -2.40. The third-order valence-corrected chi connectivity index (χ3v) is 3.50. The summed E-state index contributed by atoms with van der Waals surface area (Å²) in [5, 5.41) is 1.89. The molecule has 0 bridgehead atoms. The molecule has 0 saturated carbocycles. The van der Waals surface area contributed by atoms with E-state index in [2.05, 4.69) is 5.43 Å². The van der Waals surface area contributed by atoms with Crippen molar-refractivity contribution in [3.8, 4) is 0 Å². The quantitative estimate of drug-likeness (QED) is 0.480. The molecule has 0 saturated heterocycles. The van der Waals surface area contributed by atoms with E-state index in [1.165, 1.54) is 4.90 Å². The number of nitrogens with one attached hydrogen (secondary N) is 1. The topological polar surface area (TPSA) is 75.4 Å². The van der Waals surface area contributed by atoms with Crippen LogP contribution < -0.4 is 16.2 Å². The smallest absolute Gasteiger partial charge is 0.259 e. The highest BCUT2D eigenvalue weighted by atomic mass is 16.2. The van der Waals surface area contributed by atoms with E-state index in [0.29, 0.717) is 5.56 Å². The summed E-state index contributed by atoms with van der Waals surface area (Å²) in [6, 6.07) is 10.6. The molecule has 2 aromatic carbocycles. The van der Waals surface area contributed by atoms with Gasteiger partial charge in [-0.1, -0.05) is 24.3 Å². The molecule has 3 N–H and O–H groups in total. The normalized spacial score (nSPS) is 14.8. The van der Waals surface area contributed by atoms with Gasteiger partial charge in [-0.05, 0) is 24.4 Å². The van der Waals surface area contributed by atoms with Crippen molar-refractivity contribution >= 4 is 28.3 Å². The third kappa shape index (κ3) is 1.52. The Morgan fingerprint density at radius 3 is 2.63 bits per heavy atom. The van der Waals surface area contributed by atoms with Crippen LogP contribution in [0, 0.1) is 0 Å². The Balaban J connectivity index is 2.21. The maximum Gasteiger partial charge on any atom is 0.259 e. The van der Waals surface area contributed by atoms with Crippen molar-refractivity contribution in [3.63, 3.8) is 0 Å². The predicted molar refractivity (Wildman–Crippen MR) is 72.5 cm³/mol. The van der Waals surface area contributed by atoms with Crippen LogP contribution in [0.2, 0.25) is 0 Å². The van der Waals surface area contributed by atoms with Crippen molar-refractivity contribution in [2.75, 3.05) is 4.90 Å². The maximum atomic E-state index is 12.4. The second-order valence-corrected chi connectivity index (χ2v) is 4.54. The number of anilines is 1. The number of carbonyl (C=O) groups is 2. The van der Waals surface area contributed by atoms with Gasteiger partial charge < -0.3 is 0 Å². The molecule has 1 unspecified atom stereocenters. The summed E-state index contributed by atoms with van der Waals surface area (Å²) in [4.78, 5) is 25.6. The minimum atomic E-state index is -0.643. The number of nitrogens with zero attached hydrogens (tertiary/aromatic N) is 1. The Kier molecular flexibility index (Phi) is 2.50. The molecule has 5 heteroatoms. The minimum absolute atomic E-state index is 0.164. The van der Waals surface area contributed by atoms with E-state index in [9.17, 15) is 9.59 Å². The molecular weight excluding hydrogens is 242 g/mol. The van der Waals surface area contributed by atoms with Crippen molar-refractivity contribution in [1.29, 1.82) is 0 Å². The van der Waals surface area contributed by atoms with Crippen LogP contribution in [-0.4, -0.2) is 17.9 Å². The number of benzene rings is 2. The molecule has 2 aromatic rings. The Morgan fingerprint density at radius 2 is 1.95 bits per heavy atom. The number of carbonyl (C=O) groups excluding carboxylic acids is 2. The molecule has 1 aliphatic rings.